The summed E-state index contributed by atoms with van der Waals surface area (Å²) < 4.78 is 62.2. The molecule has 2 amide bonds. The fourth-order valence-corrected chi connectivity index (χ4v) is 5.30. The molecule has 0 saturated carbocycles. The molecule has 12 heteroatoms. The van der Waals surface area contributed by atoms with Crippen LogP contribution in [0.2, 0.25) is 0 Å². The van der Waals surface area contributed by atoms with Crippen molar-refractivity contribution in [1.82, 2.24) is 4.98 Å². The average molecular weight is 496 g/mol. The highest BCUT2D eigenvalue weighted by Gasteiger charge is 2.33. The number of fused-ring (bicyclic) bond motifs is 3. The van der Waals surface area contributed by atoms with Crippen LogP contribution in [0.4, 0.5) is 24.7 Å². The molecule has 1 aliphatic rings. The Hall–Kier alpha value is -3.25. The number of alkyl halides is 3. The Labute approximate surface area is 190 Å². The Balaban J connectivity index is 1.65. The maximum absolute atomic E-state index is 13.0. The van der Waals surface area contributed by atoms with Crippen molar-refractivity contribution in [2.45, 2.75) is 16.9 Å². The van der Waals surface area contributed by atoms with Crippen molar-refractivity contribution in [3.05, 3.63) is 59.7 Å². The van der Waals surface area contributed by atoms with Gasteiger partial charge in [0.2, 0.25) is 26.0 Å². The second-order valence-corrected chi connectivity index (χ2v) is 10.5. The van der Waals surface area contributed by atoms with E-state index in [4.69, 9.17) is 0 Å². The van der Waals surface area contributed by atoms with Gasteiger partial charge in [-0.3, -0.25) is 14.5 Å². The fraction of sp³-hybridized carbons (Fsp3) is 0.190. The summed E-state index contributed by atoms with van der Waals surface area (Å²) in [5, 5.41) is 2.46. The van der Waals surface area contributed by atoms with E-state index in [9.17, 15) is 31.2 Å². The molecule has 0 radical (unpaired) electrons. The lowest BCUT2D eigenvalue weighted by Gasteiger charge is -2.19. The lowest BCUT2D eigenvalue weighted by atomic mass is 10.0. The molecule has 33 heavy (non-hydrogen) atoms. The molecule has 0 aliphatic carbocycles. The summed E-state index contributed by atoms with van der Waals surface area (Å²) in [6, 6.07) is 10.9. The zero-order chi connectivity index (χ0) is 24.0. The second-order valence-electron chi connectivity index (χ2n) is 7.34. The van der Waals surface area contributed by atoms with Crippen LogP contribution in [0.1, 0.15) is 11.1 Å². The number of hydrogen-bond donors (Lipinski definition) is 1. The third-order valence-electron chi connectivity index (χ3n) is 4.86. The van der Waals surface area contributed by atoms with Crippen molar-refractivity contribution in [2.75, 3.05) is 23.0 Å². The number of amides is 2. The normalized spacial score (nSPS) is 13.8. The Bertz CT molecular complexity index is 1350. The van der Waals surface area contributed by atoms with Crippen molar-refractivity contribution in [3.8, 4) is 10.4 Å². The summed E-state index contributed by atoms with van der Waals surface area (Å²) >= 11 is 0.908. The molecule has 7 nitrogen and oxygen atoms in total. The Morgan fingerprint density at radius 3 is 2.45 bits per heavy atom. The predicted octanol–water partition coefficient (Wildman–Crippen LogP) is 3.76. The number of hydrogen-bond acceptors (Lipinski definition) is 6. The SMILES string of the molecule is CS(=O)(=O)c1nc2c(s1)-c1ccccc1CC(=O)N2CC(=O)Nc1ccc(C(F)(F)F)cc1. The summed E-state index contributed by atoms with van der Waals surface area (Å²) in [6.45, 7) is -0.492. The first-order chi connectivity index (χ1) is 15.4. The van der Waals surface area contributed by atoms with Gasteiger partial charge in [0.05, 0.1) is 16.9 Å². The van der Waals surface area contributed by atoms with Gasteiger partial charge in [-0.15, -0.1) is 11.3 Å². The molecule has 2 heterocycles. The smallest absolute Gasteiger partial charge is 0.325 e. The van der Waals surface area contributed by atoms with E-state index in [1.54, 1.807) is 24.3 Å². The van der Waals surface area contributed by atoms with E-state index < -0.39 is 39.9 Å². The van der Waals surface area contributed by atoms with Crippen molar-refractivity contribution in [1.29, 1.82) is 0 Å². The largest absolute Gasteiger partial charge is 0.416 e. The molecule has 3 aromatic rings. The van der Waals surface area contributed by atoms with Crippen LogP contribution in [0, 0.1) is 0 Å². The number of benzene rings is 2. The highest BCUT2D eigenvalue weighted by molar-refractivity contribution is 7.92. The van der Waals surface area contributed by atoms with E-state index in [0.717, 1.165) is 46.8 Å². The van der Waals surface area contributed by atoms with Crippen LogP contribution in [-0.2, 0) is 32.0 Å². The van der Waals surface area contributed by atoms with Crippen molar-refractivity contribution >= 4 is 44.5 Å². The summed E-state index contributed by atoms with van der Waals surface area (Å²) in [5.41, 5.74) is 0.576. The van der Waals surface area contributed by atoms with Gasteiger partial charge in [-0.25, -0.2) is 13.4 Å². The molecule has 1 N–H and O–H groups in total. The molecule has 1 aliphatic heterocycles. The highest BCUT2D eigenvalue weighted by Crippen LogP contribution is 2.42. The quantitative estimate of drug-likeness (QED) is 0.595. The third kappa shape index (κ3) is 4.76. The Kier molecular flexibility index (Phi) is 5.74. The Morgan fingerprint density at radius 2 is 1.82 bits per heavy atom. The minimum absolute atomic E-state index is 0.0268. The van der Waals surface area contributed by atoms with Gasteiger partial charge in [-0.2, -0.15) is 13.2 Å². The number of aromatic nitrogens is 1. The van der Waals surface area contributed by atoms with Gasteiger partial charge in [0.1, 0.15) is 6.54 Å². The van der Waals surface area contributed by atoms with E-state index in [0.29, 0.717) is 16.0 Å². The molecule has 2 aromatic carbocycles. The number of halogens is 3. The molecule has 0 spiro atoms. The summed E-state index contributed by atoms with van der Waals surface area (Å²) in [4.78, 5) is 31.3. The number of nitrogens with zero attached hydrogens (tertiary/aromatic N) is 2. The van der Waals surface area contributed by atoms with Gasteiger partial charge in [-0.05, 0) is 35.4 Å². The van der Waals surface area contributed by atoms with E-state index in [-0.39, 0.29) is 22.3 Å². The molecule has 0 bridgehead atoms. The van der Waals surface area contributed by atoms with Gasteiger partial charge in [0.25, 0.3) is 0 Å². The number of rotatable bonds is 4. The van der Waals surface area contributed by atoms with Gasteiger partial charge < -0.3 is 5.32 Å². The van der Waals surface area contributed by atoms with Gasteiger partial charge >= 0.3 is 6.18 Å². The molecule has 172 valence electrons. The van der Waals surface area contributed by atoms with Crippen LogP contribution in [-0.4, -0.2) is 38.0 Å². The summed E-state index contributed by atoms with van der Waals surface area (Å²) in [7, 11) is -3.67. The molecule has 0 saturated heterocycles. The first-order valence-electron chi connectivity index (χ1n) is 9.50. The number of carbonyl (C=O) groups is 2. The minimum Gasteiger partial charge on any atom is -0.325 e. The molecular weight excluding hydrogens is 479 g/mol. The first-order valence-corrected chi connectivity index (χ1v) is 12.2. The lowest BCUT2D eigenvalue weighted by Crippen LogP contribution is -2.39. The average Bonchev–Trinajstić information content (AvgIpc) is 3.13. The molecule has 0 fully saturated rings. The maximum atomic E-state index is 13.0. The third-order valence-corrected chi connectivity index (χ3v) is 7.62. The number of anilines is 2. The van der Waals surface area contributed by atoms with Crippen molar-refractivity contribution < 1.29 is 31.2 Å². The van der Waals surface area contributed by atoms with Crippen LogP contribution in [0.15, 0.2) is 52.9 Å². The van der Waals surface area contributed by atoms with Gasteiger partial charge in [0, 0.05) is 11.9 Å². The van der Waals surface area contributed by atoms with Crippen molar-refractivity contribution in [3.63, 3.8) is 0 Å². The molecule has 1 aromatic heterocycles. The number of thiazole rings is 1. The van der Waals surface area contributed by atoms with Crippen LogP contribution in [0.25, 0.3) is 10.4 Å². The van der Waals surface area contributed by atoms with E-state index >= 15 is 0 Å². The molecular formula is C21H16F3N3O4S2. The zero-order valence-electron chi connectivity index (χ0n) is 17.0. The second kappa shape index (κ2) is 8.27. The number of carbonyl (C=O) groups excluding carboxylic acids is 2. The number of nitrogens with one attached hydrogen (secondary N) is 1. The molecule has 0 atom stereocenters. The fourth-order valence-electron chi connectivity index (χ4n) is 3.33. The van der Waals surface area contributed by atoms with Crippen LogP contribution in [0.5, 0.6) is 0 Å². The van der Waals surface area contributed by atoms with Crippen molar-refractivity contribution in [2.24, 2.45) is 0 Å². The predicted molar refractivity (Wildman–Crippen MR) is 117 cm³/mol. The zero-order valence-corrected chi connectivity index (χ0v) is 18.6. The van der Waals surface area contributed by atoms with Crippen LogP contribution < -0.4 is 10.2 Å². The van der Waals surface area contributed by atoms with Gasteiger partial charge in [0.15, 0.2) is 5.82 Å². The monoisotopic (exact) mass is 495 g/mol. The van der Waals surface area contributed by atoms with E-state index in [2.05, 4.69) is 10.3 Å². The standard InChI is InChI=1S/C21H16F3N3O4S2/c1-33(30,31)20-26-19-18(32-20)15-5-3-2-4-12(15)10-17(29)27(19)11-16(28)25-14-8-6-13(7-9-14)21(22,23)24/h2-9H,10-11H2,1H3,(H,25,28). The highest BCUT2D eigenvalue weighted by atomic mass is 32.2. The van der Waals surface area contributed by atoms with Crippen LogP contribution >= 0.6 is 11.3 Å². The first kappa shape index (κ1) is 22.9. The minimum atomic E-state index is -4.51. The van der Waals surface area contributed by atoms with Crippen LogP contribution in [0.3, 0.4) is 0 Å². The lowest BCUT2D eigenvalue weighted by molar-refractivity contribution is -0.137. The summed E-state index contributed by atoms with van der Waals surface area (Å²) in [6.07, 6.45) is -3.53. The van der Waals surface area contributed by atoms with E-state index in [1.165, 1.54) is 0 Å². The van der Waals surface area contributed by atoms with E-state index in [1.807, 2.05) is 0 Å². The summed E-state index contributed by atoms with van der Waals surface area (Å²) in [5.74, 6) is -1.08. The van der Waals surface area contributed by atoms with Gasteiger partial charge in [-0.1, -0.05) is 24.3 Å². The maximum Gasteiger partial charge on any atom is 0.416 e. The molecule has 0 unspecified atom stereocenters. The Morgan fingerprint density at radius 1 is 1.15 bits per heavy atom. The molecule has 4 rings (SSSR count). The topological polar surface area (TPSA) is 96.4 Å². The number of sulfone groups is 1.